The number of rotatable bonds is 5. The third-order valence-electron chi connectivity index (χ3n) is 2.22. The summed E-state index contributed by atoms with van der Waals surface area (Å²) >= 11 is 0. The number of nitrogens with two attached hydrogens (primary N) is 1. The van der Waals surface area contributed by atoms with Crippen LogP contribution in [-0.2, 0) is 0 Å². The summed E-state index contributed by atoms with van der Waals surface area (Å²) in [6, 6.07) is 7.59. The number of hydrogen-bond donors (Lipinski definition) is 1. The molecule has 0 radical (unpaired) electrons. The molecule has 2 rings (SSSR count). The van der Waals surface area contributed by atoms with Crippen molar-refractivity contribution in [1.82, 2.24) is 5.16 Å². The number of nitro groups is 1. The fourth-order valence-electron chi connectivity index (χ4n) is 1.37. The normalized spacial score (nSPS) is 10.3. The fraction of sp³-hybridized carbons (Fsp3) is 0.182. The second-order valence-electron chi connectivity index (χ2n) is 3.47. The van der Waals surface area contributed by atoms with E-state index in [1.807, 2.05) is 0 Å². The predicted molar refractivity (Wildman–Crippen MR) is 63.1 cm³/mol. The Morgan fingerprint density at radius 3 is 2.72 bits per heavy atom. The molecule has 2 N–H and O–H groups in total. The molecule has 0 aliphatic carbocycles. The number of non-ortho nitro benzene ring substituents is 1. The highest BCUT2D eigenvalue weighted by atomic mass is 16.6. The van der Waals surface area contributed by atoms with Crippen LogP contribution in [0.15, 0.2) is 34.9 Å². The molecule has 0 aliphatic rings. The Labute approximate surface area is 102 Å². The van der Waals surface area contributed by atoms with Gasteiger partial charge in [0.2, 0.25) is 0 Å². The Morgan fingerprint density at radius 2 is 2.11 bits per heavy atom. The lowest BCUT2D eigenvalue weighted by atomic mass is 10.1. The zero-order valence-corrected chi connectivity index (χ0v) is 9.41. The van der Waals surface area contributed by atoms with Crippen LogP contribution in [-0.4, -0.2) is 23.2 Å². The number of aromatic nitrogens is 1. The van der Waals surface area contributed by atoms with E-state index in [2.05, 4.69) is 5.16 Å². The molecule has 7 nitrogen and oxygen atoms in total. The second kappa shape index (κ2) is 5.28. The maximum Gasteiger partial charge on any atom is 0.269 e. The van der Waals surface area contributed by atoms with E-state index in [1.165, 1.54) is 12.1 Å². The lowest BCUT2D eigenvalue weighted by Crippen LogP contribution is -2.10. The molecule has 7 heteroatoms. The zero-order valence-electron chi connectivity index (χ0n) is 9.41. The summed E-state index contributed by atoms with van der Waals surface area (Å²) in [4.78, 5) is 10.1. The van der Waals surface area contributed by atoms with Crippen LogP contribution in [0.25, 0.3) is 11.3 Å². The lowest BCUT2D eigenvalue weighted by Gasteiger charge is -1.96. The highest BCUT2D eigenvalue weighted by Gasteiger charge is 2.10. The SMILES string of the molecule is NCCOc1cc(-c2ccc([N+](=O)[O-])cc2)on1. The first-order chi connectivity index (χ1) is 8.70. The van der Waals surface area contributed by atoms with Crippen molar-refractivity contribution in [3.8, 4) is 17.2 Å². The van der Waals surface area contributed by atoms with Gasteiger partial charge in [0.25, 0.3) is 11.6 Å². The van der Waals surface area contributed by atoms with Gasteiger partial charge in [-0.15, -0.1) is 0 Å². The summed E-state index contributed by atoms with van der Waals surface area (Å²) in [6.07, 6.45) is 0. The Kier molecular flexibility index (Phi) is 3.54. The van der Waals surface area contributed by atoms with E-state index >= 15 is 0 Å². The molecule has 0 bridgehead atoms. The molecule has 0 amide bonds. The molecule has 0 spiro atoms. The minimum Gasteiger partial charge on any atom is -0.474 e. The molecular weight excluding hydrogens is 238 g/mol. The van der Waals surface area contributed by atoms with E-state index in [1.54, 1.807) is 18.2 Å². The molecule has 1 aromatic heterocycles. The highest BCUT2D eigenvalue weighted by molar-refractivity contribution is 5.59. The van der Waals surface area contributed by atoms with Gasteiger partial charge < -0.3 is 15.0 Å². The average molecular weight is 249 g/mol. The summed E-state index contributed by atoms with van der Waals surface area (Å²) in [6.45, 7) is 0.742. The second-order valence-corrected chi connectivity index (χ2v) is 3.47. The third kappa shape index (κ3) is 2.64. The molecule has 0 atom stereocenters. The van der Waals surface area contributed by atoms with Gasteiger partial charge in [0.05, 0.1) is 4.92 Å². The van der Waals surface area contributed by atoms with Crippen molar-refractivity contribution in [2.24, 2.45) is 5.73 Å². The molecule has 0 saturated carbocycles. The van der Waals surface area contributed by atoms with Crippen molar-refractivity contribution < 1.29 is 14.2 Å². The number of benzene rings is 1. The summed E-state index contributed by atoms with van der Waals surface area (Å²) in [7, 11) is 0. The van der Waals surface area contributed by atoms with Gasteiger partial charge in [0, 0.05) is 30.3 Å². The van der Waals surface area contributed by atoms with Crippen LogP contribution in [0.4, 0.5) is 5.69 Å². The van der Waals surface area contributed by atoms with E-state index in [-0.39, 0.29) is 5.69 Å². The van der Waals surface area contributed by atoms with Gasteiger partial charge in [0.15, 0.2) is 5.76 Å². The number of hydrogen-bond acceptors (Lipinski definition) is 6. The van der Waals surface area contributed by atoms with Gasteiger partial charge >= 0.3 is 0 Å². The van der Waals surface area contributed by atoms with Crippen molar-refractivity contribution in [2.75, 3.05) is 13.2 Å². The maximum atomic E-state index is 10.5. The Balaban J connectivity index is 2.15. The van der Waals surface area contributed by atoms with Crippen LogP contribution in [0, 0.1) is 10.1 Å². The third-order valence-corrected chi connectivity index (χ3v) is 2.22. The van der Waals surface area contributed by atoms with E-state index in [0.717, 1.165) is 0 Å². The van der Waals surface area contributed by atoms with Gasteiger partial charge in [-0.2, -0.15) is 0 Å². The van der Waals surface area contributed by atoms with Crippen molar-refractivity contribution in [2.45, 2.75) is 0 Å². The van der Waals surface area contributed by atoms with Crippen LogP contribution in [0.5, 0.6) is 5.88 Å². The fourth-order valence-corrected chi connectivity index (χ4v) is 1.37. The quantitative estimate of drug-likeness (QED) is 0.637. The summed E-state index contributed by atoms with van der Waals surface area (Å²) < 4.78 is 10.2. The van der Waals surface area contributed by atoms with Crippen molar-refractivity contribution in [3.05, 3.63) is 40.4 Å². The molecule has 0 saturated heterocycles. The van der Waals surface area contributed by atoms with Gasteiger partial charge in [-0.05, 0) is 17.3 Å². The molecule has 0 aliphatic heterocycles. The highest BCUT2D eigenvalue weighted by Crippen LogP contribution is 2.25. The Morgan fingerprint density at radius 1 is 1.39 bits per heavy atom. The van der Waals surface area contributed by atoms with Gasteiger partial charge in [-0.25, -0.2) is 0 Å². The van der Waals surface area contributed by atoms with Crippen molar-refractivity contribution in [1.29, 1.82) is 0 Å². The van der Waals surface area contributed by atoms with Crippen LogP contribution in [0.3, 0.4) is 0 Å². The smallest absolute Gasteiger partial charge is 0.269 e. The first-order valence-electron chi connectivity index (χ1n) is 5.25. The molecule has 0 fully saturated rings. The van der Waals surface area contributed by atoms with E-state index in [9.17, 15) is 10.1 Å². The summed E-state index contributed by atoms with van der Waals surface area (Å²) in [5, 5.41) is 14.2. The number of nitrogens with zero attached hydrogens (tertiary/aromatic N) is 2. The van der Waals surface area contributed by atoms with E-state index < -0.39 is 4.92 Å². The minimum atomic E-state index is -0.458. The molecule has 1 heterocycles. The molecule has 1 aromatic carbocycles. The van der Waals surface area contributed by atoms with Gasteiger partial charge in [-0.3, -0.25) is 10.1 Å². The van der Waals surface area contributed by atoms with Crippen molar-refractivity contribution >= 4 is 5.69 Å². The largest absolute Gasteiger partial charge is 0.474 e. The molecule has 2 aromatic rings. The first kappa shape index (κ1) is 12.1. The van der Waals surface area contributed by atoms with Crippen LogP contribution < -0.4 is 10.5 Å². The summed E-state index contributed by atoms with van der Waals surface area (Å²) in [5.41, 5.74) is 6.01. The summed E-state index contributed by atoms with van der Waals surface area (Å²) in [5.74, 6) is 0.825. The standard InChI is InChI=1S/C11H11N3O4/c12-5-6-17-11-7-10(18-13-11)8-1-3-9(4-2-8)14(15)16/h1-4,7H,5-6,12H2. The van der Waals surface area contributed by atoms with Crippen LogP contribution >= 0.6 is 0 Å². The lowest BCUT2D eigenvalue weighted by molar-refractivity contribution is -0.384. The predicted octanol–water partition coefficient (Wildman–Crippen LogP) is 1.59. The minimum absolute atomic E-state index is 0.0258. The number of ether oxygens (including phenoxy) is 1. The van der Waals surface area contributed by atoms with Gasteiger partial charge in [0.1, 0.15) is 6.61 Å². The van der Waals surface area contributed by atoms with E-state index in [0.29, 0.717) is 30.4 Å². The molecular formula is C11H11N3O4. The molecule has 0 unspecified atom stereocenters. The zero-order chi connectivity index (χ0) is 13.0. The Bertz CT molecular complexity index is 535. The molecule has 18 heavy (non-hydrogen) atoms. The molecule has 94 valence electrons. The van der Waals surface area contributed by atoms with E-state index in [4.69, 9.17) is 15.0 Å². The van der Waals surface area contributed by atoms with Crippen LogP contribution in [0.1, 0.15) is 0 Å². The average Bonchev–Trinajstić information content (AvgIpc) is 2.85. The first-order valence-corrected chi connectivity index (χ1v) is 5.25. The van der Waals surface area contributed by atoms with Crippen molar-refractivity contribution in [3.63, 3.8) is 0 Å². The topological polar surface area (TPSA) is 104 Å². The monoisotopic (exact) mass is 249 g/mol. The number of nitro benzene ring substituents is 1. The Hall–Kier alpha value is -2.41. The van der Waals surface area contributed by atoms with Gasteiger partial charge in [-0.1, -0.05) is 0 Å². The van der Waals surface area contributed by atoms with Crippen LogP contribution in [0.2, 0.25) is 0 Å². The maximum absolute atomic E-state index is 10.5.